The Balaban J connectivity index is 1.89. The van der Waals surface area contributed by atoms with Crippen LogP contribution in [0.25, 0.3) is 0 Å². The van der Waals surface area contributed by atoms with Crippen molar-refractivity contribution in [2.24, 2.45) is 0 Å². The summed E-state index contributed by atoms with van der Waals surface area (Å²) in [5.74, 6) is 0. The van der Waals surface area contributed by atoms with Gasteiger partial charge in [0.2, 0.25) is 0 Å². The summed E-state index contributed by atoms with van der Waals surface area (Å²) < 4.78 is 0. The molecule has 4 nitrogen and oxygen atoms in total. The number of halogens is 1. The number of rotatable bonds is 5. The van der Waals surface area contributed by atoms with E-state index >= 15 is 0 Å². The highest BCUT2D eigenvalue weighted by Gasteiger charge is 2.03. The molecule has 0 heterocycles. The third-order valence-electron chi connectivity index (χ3n) is 3.00. The molecule has 2 aromatic carbocycles. The minimum atomic E-state index is -0.202. The number of hydrogen-bond acceptors (Lipinski definition) is 2. The summed E-state index contributed by atoms with van der Waals surface area (Å²) in [6, 6.07) is 15.2. The number of carbonyl (C=O) groups excluding carboxylic acids is 1. The van der Waals surface area contributed by atoms with Crippen molar-refractivity contribution in [3.8, 4) is 0 Å². The number of urea groups is 1. The summed E-state index contributed by atoms with van der Waals surface area (Å²) in [5, 5.41) is 9.61. The molecule has 5 heteroatoms. The fraction of sp³-hybridized carbons (Fsp3) is 0.235. The van der Waals surface area contributed by atoms with Crippen LogP contribution in [0.4, 0.5) is 16.2 Å². The van der Waals surface area contributed by atoms with Crippen LogP contribution >= 0.6 is 11.6 Å². The molecule has 0 fully saturated rings. The van der Waals surface area contributed by atoms with Crippen LogP contribution in [0.1, 0.15) is 19.4 Å². The molecule has 0 spiro atoms. The average molecular weight is 318 g/mol. The third-order valence-corrected chi connectivity index (χ3v) is 3.37. The topological polar surface area (TPSA) is 53.2 Å². The van der Waals surface area contributed by atoms with Gasteiger partial charge in [-0.2, -0.15) is 0 Å². The van der Waals surface area contributed by atoms with Gasteiger partial charge in [0.1, 0.15) is 0 Å². The smallest absolute Gasteiger partial charge is 0.319 e. The van der Waals surface area contributed by atoms with Crippen molar-refractivity contribution in [1.82, 2.24) is 5.32 Å². The summed E-state index contributed by atoms with van der Waals surface area (Å²) in [5.41, 5.74) is 2.76. The van der Waals surface area contributed by atoms with E-state index in [-0.39, 0.29) is 12.1 Å². The Morgan fingerprint density at radius 3 is 2.32 bits per heavy atom. The average Bonchev–Trinajstić information content (AvgIpc) is 2.47. The third kappa shape index (κ3) is 4.97. The summed E-state index contributed by atoms with van der Waals surface area (Å²) in [6.45, 7) is 4.49. The van der Waals surface area contributed by atoms with Gasteiger partial charge in [0.05, 0.1) is 0 Å². The number of nitrogens with one attached hydrogen (secondary N) is 3. The second kappa shape index (κ2) is 7.71. The first-order valence-corrected chi connectivity index (χ1v) is 7.57. The Bertz CT molecular complexity index is 626. The highest BCUT2D eigenvalue weighted by Crippen LogP contribution is 2.18. The Labute approximate surface area is 135 Å². The van der Waals surface area contributed by atoms with Gasteiger partial charge in [-0.15, -0.1) is 0 Å². The lowest BCUT2D eigenvalue weighted by Crippen LogP contribution is -2.34. The van der Waals surface area contributed by atoms with Crippen molar-refractivity contribution in [3.63, 3.8) is 0 Å². The van der Waals surface area contributed by atoms with Crippen molar-refractivity contribution in [3.05, 3.63) is 59.1 Å². The van der Waals surface area contributed by atoms with Gasteiger partial charge in [0, 0.05) is 29.0 Å². The van der Waals surface area contributed by atoms with Crippen LogP contribution in [-0.4, -0.2) is 12.1 Å². The predicted octanol–water partition coefficient (Wildman–Crippen LogP) is 4.48. The van der Waals surface area contributed by atoms with Crippen LogP contribution in [0.15, 0.2) is 48.5 Å². The number of hydrogen-bond donors (Lipinski definition) is 3. The van der Waals surface area contributed by atoms with E-state index in [9.17, 15) is 4.79 Å². The van der Waals surface area contributed by atoms with Crippen LogP contribution < -0.4 is 16.0 Å². The van der Waals surface area contributed by atoms with Crippen molar-refractivity contribution in [2.45, 2.75) is 26.4 Å². The quantitative estimate of drug-likeness (QED) is 0.761. The lowest BCUT2D eigenvalue weighted by Gasteiger charge is -2.11. The van der Waals surface area contributed by atoms with E-state index in [2.05, 4.69) is 16.0 Å². The monoisotopic (exact) mass is 317 g/mol. The maximum atomic E-state index is 11.6. The molecule has 0 aliphatic carbocycles. The fourth-order valence-corrected chi connectivity index (χ4v) is 2.14. The molecule has 0 atom stereocenters. The van der Waals surface area contributed by atoms with Gasteiger partial charge < -0.3 is 16.0 Å². The van der Waals surface area contributed by atoms with Crippen molar-refractivity contribution in [1.29, 1.82) is 0 Å². The Morgan fingerprint density at radius 2 is 1.68 bits per heavy atom. The Hall–Kier alpha value is -2.20. The van der Waals surface area contributed by atoms with Crippen LogP contribution in [0.5, 0.6) is 0 Å². The molecule has 0 saturated carbocycles. The molecule has 2 rings (SSSR count). The number of anilines is 2. The molecule has 116 valence electrons. The minimum absolute atomic E-state index is 0.108. The van der Waals surface area contributed by atoms with Gasteiger partial charge in [0.15, 0.2) is 0 Å². The molecule has 22 heavy (non-hydrogen) atoms. The van der Waals surface area contributed by atoms with Crippen LogP contribution in [0.2, 0.25) is 5.02 Å². The Morgan fingerprint density at radius 1 is 1.05 bits per heavy atom. The molecule has 2 amide bonds. The summed E-state index contributed by atoms with van der Waals surface area (Å²) >= 11 is 6.12. The zero-order chi connectivity index (χ0) is 15.9. The zero-order valence-electron chi connectivity index (χ0n) is 12.7. The molecular weight excluding hydrogens is 298 g/mol. The van der Waals surface area contributed by atoms with E-state index in [1.807, 2.05) is 62.4 Å². The largest absolute Gasteiger partial charge is 0.381 e. The number of carbonyl (C=O) groups is 1. The molecule has 0 bridgehead atoms. The van der Waals surface area contributed by atoms with E-state index in [0.29, 0.717) is 6.54 Å². The summed E-state index contributed by atoms with van der Waals surface area (Å²) in [6.07, 6.45) is 0. The van der Waals surface area contributed by atoms with Crippen LogP contribution in [0.3, 0.4) is 0 Å². The van der Waals surface area contributed by atoms with Crippen molar-refractivity contribution >= 4 is 29.0 Å². The highest BCUT2D eigenvalue weighted by atomic mass is 35.5. The number of benzene rings is 2. The maximum absolute atomic E-state index is 11.6. The normalized spacial score (nSPS) is 10.4. The van der Waals surface area contributed by atoms with Crippen molar-refractivity contribution < 1.29 is 4.79 Å². The first-order chi connectivity index (χ1) is 10.5. The van der Waals surface area contributed by atoms with Gasteiger partial charge in [-0.25, -0.2) is 4.79 Å². The van der Waals surface area contributed by atoms with Crippen LogP contribution in [-0.2, 0) is 6.54 Å². The first kappa shape index (κ1) is 16.2. The van der Waals surface area contributed by atoms with Gasteiger partial charge in [0.25, 0.3) is 0 Å². The molecule has 3 N–H and O–H groups in total. The molecule has 0 aromatic heterocycles. The molecule has 0 aliphatic heterocycles. The second-order valence-corrected chi connectivity index (χ2v) is 5.68. The minimum Gasteiger partial charge on any atom is -0.381 e. The van der Waals surface area contributed by atoms with Crippen LogP contribution in [0, 0.1) is 0 Å². The first-order valence-electron chi connectivity index (χ1n) is 7.19. The Kier molecular flexibility index (Phi) is 5.67. The summed E-state index contributed by atoms with van der Waals surface area (Å²) in [4.78, 5) is 11.6. The van der Waals surface area contributed by atoms with Gasteiger partial charge in [-0.3, -0.25) is 0 Å². The standard InChI is InChI=1S/C17H20ClN3O/c1-12(2)20-17(22)21-15-9-7-14(8-10-15)19-11-13-5-3-4-6-16(13)18/h3-10,12,19H,11H2,1-2H3,(H2,20,21,22). The van der Waals surface area contributed by atoms with Gasteiger partial charge in [-0.05, 0) is 49.7 Å². The summed E-state index contributed by atoms with van der Waals surface area (Å²) in [7, 11) is 0. The van der Waals surface area contributed by atoms with E-state index < -0.39 is 0 Å². The molecule has 0 saturated heterocycles. The maximum Gasteiger partial charge on any atom is 0.319 e. The van der Waals surface area contributed by atoms with E-state index in [1.54, 1.807) is 0 Å². The van der Waals surface area contributed by atoms with E-state index in [0.717, 1.165) is 22.0 Å². The lowest BCUT2D eigenvalue weighted by molar-refractivity contribution is 0.250. The highest BCUT2D eigenvalue weighted by molar-refractivity contribution is 6.31. The van der Waals surface area contributed by atoms with Crippen molar-refractivity contribution in [2.75, 3.05) is 10.6 Å². The number of amides is 2. The zero-order valence-corrected chi connectivity index (χ0v) is 13.4. The SMILES string of the molecule is CC(C)NC(=O)Nc1ccc(NCc2ccccc2Cl)cc1. The molecule has 0 unspecified atom stereocenters. The van der Waals surface area contributed by atoms with E-state index in [4.69, 9.17) is 11.6 Å². The van der Waals surface area contributed by atoms with E-state index in [1.165, 1.54) is 0 Å². The fourth-order valence-electron chi connectivity index (χ4n) is 1.94. The van der Waals surface area contributed by atoms with Gasteiger partial charge in [-0.1, -0.05) is 29.8 Å². The van der Waals surface area contributed by atoms with Gasteiger partial charge >= 0.3 is 6.03 Å². The molecule has 0 aliphatic rings. The molecule has 0 radical (unpaired) electrons. The lowest BCUT2D eigenvalue weighted by atomic mass is 10.2. The second-order valence-electron chi connectivity index (χ2n) is 5.28. The molecule has 2 aromatic rings. The molecular formula is C17H20ClN3O. The predicted molar refractivity (Wildman–Crippen MR) is 92.5 cm³/mol.